The molecule has 0 saturated carbocycles. The van der Waals surface area contributed by atoms with Crippen molar-refractivity contribution in [2.75, 3.05) is 54.7 Å². The predicted octanol–water partition coefficient (Wildman–Crippen LogP) is 7.12. The van der Waals surface area contributed by atoms with E-state index < -0.39 is 0 Å². The van der Waals surface area contributed by atoms with Crippen LogP contribution < -0.4 is 23.7 Å². The first-order chi connectivity index (χ1) is 19.6. The van der Waals surface area contributed by atoms with Gasteiger partial charge >= 0.3 is 0 Å². The number of benzene rings is 3. The number of carbonyl (C=O) groups excluding carboxylic acids is 1. The number of methoxy groups -OCH3 is 4. The highest BCUT2D eigenvalue weighted by Crippen LogP contribution is 2.51. The Labute approximate surface area is 251 Å². The van der Waals surface area contributed by atoms with E-state index in [0.717, 1.165) is 51.7 Å². The molecule has 4 aromatic rings. The number of piperidine rings is 1. The van der Waals surface area contributed by atoms with Crippen molar-refractivity contribution in [1.82, 2.24) is 4.90 Å². The monoisotopic (exact) mass is 597 g/mol. The Bertz CT molecular complexity index is 1460. The highest BCUT2D eigenvalue weighted by atomic mass is 35.5. The molecule has 7 nitrogen and oxygen atoms in total. The molecule has 41 heavy (non-hydrogen) atoms. The van der Waals surface area contributed by atoms with Crippen molar-refractivity contribution in [3.63, 3.8) is 0 Å². The number of nitrogens with zero attached hydrogens (tertiary/aromatic N) is 1. The number of ketones is 1. The summed E-state index contributed by atoms with van der Waals surface area (Å²) >= 11 is 1.49. The number of thiophene rings is 1. The smallest absolute Gasteiger partial charge is 0.204 e. The Morgan fingerprint density at radius 2 is 1.46 bits per heavy atom. The molecule has 9 heteroatoms. The summed E-state index contributed by atoms with van der Waals surface area (Å²) in [7, 11) is 6.38. The standard InChI is InChI=1S/C32H35NO6S.ClH/c1-35-23-12-10-22(11-13-23)31-27(25-20-26(36-2)29(37-3)30(38-4)32(25)40-31)28(34)21-8-14-24(15-9-21)39-19-18-33-16-6-5-7-17-33;/h8-15,20H,5-7,16-19H2,1-4H3;1H. The number of halogens is 1. The maximum atomic E-state index is 14.1. The molecule has 0 unspecified atom stereocenters. The summed E-state index contributed by atoms with van der Waals surface area (Å²) in [6.45, 7) is 3.83. The van der Waals surface area contributed by atoms with Crippen molar-refractivity contribution in [2.45, 2.75) is 19.3 Å². The van der Waals surface area contributed by atoms with E-state index in [1.165, 1.54) is 30.6 Å². The van der Waals surface area contributed by atoms with Gasteiger partial charge in [0.1, 0.15) is 18.1 Å². The van der Waals surface area contributed by atoms with Gasteiger partial charge in [-0.1, -0.05) is 6.42 Å². The number of fused-ring (bicyclic) bond motifs is 1. The number of hydrogen-bond acceptors (Lipinski definition) is 8. The second-order valence-corrected chi connectivity index (χ2v) is 10.7. The molecule has 0 spiro atoms. The number of ether oxygens (including phenoxy) is 5. The van der Waals surface area contributed by atoms with E-state index in [0.29, 0.717) is 35.0 Å². The van der Waals surface area contributed by atoms with Crippen LogP contribution >= 0.6 is 23.7 Å². The maximum absolute atomic E-state index is 14.1. The normalized spacial score (nSPS) is 13.4. The van der Waals surface area contributed by atoms with E-state index >= 15 is 0 Å². The van der Waals surface area contributed by atoms with Crippen LogP contribution in [0.3, 0.4) is 0 Å². The van der Waals surface area contributed by atoms with Gasteiger partial charge in [-0.3, -0.25) is 9.69 Å². The van der Waals surface area contributed by atoms with Gasteiger partial charge in [0.05, 0.1) is 33.1 Å². The quantitative estimate of drug-likeness (QED) is 0.171. The molecule has 2 heterocycles. The lowest BCUT2D eigenvalue weighted by molar-refractivity contribution is 0.104. The molecule has 0 bridgehead atoms. The fourth-order valence-electron chi connectivity index (χ4n) is 5.19. The van der Waals surface area contributed by atoms with E-state index in [9.17, 15) is 4.79 Å². The lowest BCUT2D eigenvalue weighted by atomic mass is 9.97. The first-order valence-electron chi connectivity index (χ1n) is 13.5. The van der Waals surface area contributed by atoms with E-state index in [2.05, 4.69) is 4.90 Å². The molecule has 0 amide bonds. The minimum atomic E-state index is -0.0915. The number of rotatable bonds is 11. The zero-order chi connectivity index (χ0) is 28.1. The second kappa shape index (κ2) is 13.9. The van der Waals surface area contributed by atoms with Gasteiger partial charge in [-0.15, -0.1) is 23.7 Å². The summed E-state index contributed by atoms with van der Waals surface area (Å²) in [6.07, 6.45) is 3.84. The molecule has 3 aromatic carbocycles. The molecule has 0 radical (unpaired) electrons. The first-order valence-corrected chi connectivity index (χ1v) is 14.3. The van der Waals surface area contributed by atoms with Crippen LogP contribution in [0.1, 0.15) is 35.2 Å². The Morgan fingerprint density at radius 3 is 2.07 bits per heavy atom. The number of likely N-dealkylation sites (tertiary alicyclic amines) is 1. The summed E-state index contributed by atoms with van der Waals surface area (Å²) in [5, 5.41) is 0.747. The molecule has 1 fully saturated rings. The fraction of sp³-hybridized carbons (Fsp3) is 0.344. The van der Waals surface area contributed by atoms with Gasteiger partial charge in [-0.25, -0.2) is 0 Å². The summed E-state index contributed by atoms with van der Waals surface area (Å²) in [4.78, 5) is 17.4. The predicted molar refractivity (Wildman–Crippen MR) is 166 cm³/mol. The fourth-order valence-corrected chi connectivity index (χ4v) is 6.49. The molecule has 0 N–H and O–H groups in total. The second-order valence-electron chi connectivity index (χ2n) is 9.66. The Morgan fingerprint density at radius 1 is 0.805 bits per heavy atom. The molecule has 1 aliphatic rings. The van der Waals surface area contributed by atoms with Gasteiger partial charge in [-0.05, 0) is 86.1 Å². The van der Waals surface area contributed by atoms with E-state index in [4.69, 9.17) is 23.7 Å². The van der Waals surface area contributed by atoms with Crippen molar-refractivity contribution in [3.05, 3.63) is 65.7 Å². The minimum absolute atomic E-state index is 0. The van der Waals surface area contributed by atoms with Crippen LogP contribution in [0.25, 0.3) is 20.5 Å². The van der Waals surface area contributed by atoms with Crippen LogP contribution in [0.2, 0.25) is 0 Å². The zero-order valence-electron chi connectivity index (χ0n) is 23.9. The summed E-state index contributed by atoms with van der Waals surface area (Å²) in [5.74, 6) is 2.93. The number of hydrogen-bond donors (Lipinski definition) is 0. The first kappa shape index (κ1) is 30.5. The van der Waals surface area contributed by atoms with Gasteiger partial charge in [0.2, 0.25) is 5.75 Å². The van der Waals surface area contributed by atoms with E-state index in [-0.39, 0.29) is 18.2 Å². The highest BCUT2D eigenvalue weighted by Gasteiger charge is 2.27. The third kappa shape index (κ3) is 6.40. The minimum Gasteiger partial charge on any atom is -0.497 e. The van der Waals surface area contributed by atoms with Crippen LogP contribution in [-0.2, 0) is 0 Å². The SMILES string of the molecule is COc1ccc(-c2sc3c(OC)c(OC)c(OC)cc3c2C(=O)c2ccc(OCCN3CCCCC3)cc2)cc1.Cl. The molecule has 1 aromatic heterocycles. The molecule has 0 atom stereocenters. The Hall–Kier alpha value is -3.46. The topological polar surface area (TPSA) is 66.5 Å². The van der Waals surface area contributed by atoms with Crippen LogP contribution in [0.5, 0.6) is 28.7 Å². The lowest BCUT2D eigenvalue weighted by Gasteiger charge is -2.26. The van der Waals surface area contributed by atoms with Gasteiger partial charge in [0, 0.05) is 27.9 Å². The van der Waals surface area contributed by atoms with Crippen molar-refractivity contribution < 1.29 is 28.5 Å². The van der Waals surface area contributed by atoms with E-state index in [1.807, 2.05) is 54.6 Å². The Kier molecular flexibility index (Phi) is 10.4. The third-order valence-corrected chi connectivity index (χ3v) is 8.56. The van der Waals surface area contributed by atoms with Crippen LogP contribution in [-0.4, -0.2) is 65.4 Å². The molecule has 218 valence electrons. The van der Waals surface area contributed by atoms with Gasteiger partial charge < -0.3 is 23.7 Å². The Balaban J connectivity index is 0.00000387. The molecule has 1 saturated heterocycles. The largest absolute Gasteiger partial charge is 0.497 e. The molecule has 1 aliphatic heterocycles. The maximum Gasteiger partial charge on any atom is 0.204 e. The lowest BCUT2D eigenvalue weighted by Crippen LogP contribution is -2.33. The van der Waals surface area contributed by atoms with Crippen molar-refractivity contribution in [1.29, 1.82) is 0 Å². The summed E-state index contributed by atoms with van der Waals surface area (Å²) in [6, 6.07) is 17.0. The van der Waals surface area contributed by atoms with Crippen LogP contribution in [0.15, 0.2) is 54.6 Å². The van der Waals surface area contributed by atoms with Crippen molar-refractivity contribution in [2.24, 2.45) is 0 Å². The summed E-state index contributed by atoms with van der Waals surface area (Å²) < 4.78 is 29.2. The molecule has 0 aliphatic carbocycles. The van der Waals surface area contributed by atoms with Crippen molar-refractivity contribution in [3.8, 4) is 39.2 Å². The van der Waals surface area contributed by atoms with E-state index in [1.54, 1.807) is 28.4 Å². The van der Waals surface area contributed by atoms with Crippen LogP contribution in [0, 0.1) is 0 Å². The molecular formula is C32H36ClNO6S. The average molecular weight is 598 g/mol. The van der Waals surface area contributed by atoms with Gasteiger partial charge in [-0.2, -0.15) is 0 Å². The van der Waals surface area contributed by atoms with Gasteiger partial charge in [0.15, 0.2) is 17.3 Å². The van der Waals surface area contributed by atoms with Crippen molar-refractivity contribution >= 4 is 39.6 Å². The zero-order valence-corrected chi connectivity index (χ0v) is 25.5. The van der Waals surface area contributed by atoms with Crippen LogP contribution in [0.4, 0.5) is 0 Å². The number of carbonyl (C=O) groups is 1. The average Bonchev–Trinajstić information content (AvgIpc) is 3.39. The van der Waals surface area contributed by atoms with Gasteiger partial charge in [0.25, 0.3) is 0 Å². The molecule has 5 rings (SSSR count). The molecular weight excluding hydrogens is 562 g/mol. The highest BCUT2D eigenvalue weighted by molar-refractivity contribution is 7.23. The summed E-state index contributed by atoms with van der Waals surface area (Å²) in [5.41, 5.74) is 2.07. The third-order valence-electron chi connectivity index (χ3n) is 7.31.